The normalized spacial score (nSPS) is 20.8. The average Bonchev–Trinajstić information content (AvgIpc) is 3.08. The molecule has 1 fully saturated rings. The lowest BCUT2D eigenvalue weighted by Crippen LogP contribution is -2.57. The average molecular weight is 672 g/mol. The van der Waals surface area contributed by atoms with Gasteiger partial charge in [0, 0.05) is 46.4 Å². The van der Waals surface area contributed by atoms with E-state index in [9.17, 15) is 9.90 Å². The Hall–Kier alpha value is -2.77. The Morgan fingerprint density at radius 1 is 0.958 bits per heavy atom. The van der Waals surface area contributed by atoms with E-state index in [1.54, 1.807) is 26.0 Å². The predicted molar refractivity (Wildman–Crippen MR) is 185 cm³/mol. The van der Waals surface area contributed by atoms with Gasteiger partial charge in [0.25, 0.3) is 0 Å². The molecular formula is C37H57N3O8. The number of fused-ring (bicyclic) bond motifs is 1. The van der Waals surface area contributed by atoms with Gasteiger partial charge in [-0.2, -0.15) is 0 Å². The molecule has 48 heavy (non-hydrogen) atoms. The number of carbonyl (C=O) groups excluding carboxylic acids is 1. The van der Waals surface area contributed by atoms with Crippen LogP contribution >= 0.6 is 0 Å². The van der Waals surface area contributed by atoms with Crippen LogP contribution in [0.15, 0.2) is 42.5 Å². The maximum atomic E-state index is 13.7. The SMILES string of the molecule is COCCCN1CCOc2ccc(CO[C@H]3CN(C(=O)[C@@H](N)CC(C)C)C[C@@H](OC[C@@H](C)O)[C@@H]3c3ccc(COCCOC)cc3)cc21. The minimum Gasteiger partial charge on any atom is -0.490 e. The number of rotatable bonds is 19. The van der Waals surface area contributed by atoms with Crippen molar-refractivity contribution in [3.8, 4) is 5.75 Å². The number of aliphatic hydroxyl groups is 1. The molecule has 1 saturated heterocycles. The number of nitrogens with zero attached hydrogens (tertiary/aromatic N) is 2. The molecule has 2 aliphatic rings. The summed E-state index contributed by atoms with van der Waals surface area (Å²) in [5, 5.41) is 10.2. The topological polar surface area (TPSA) is 125 Å². The zero-order chi connectivity index (χ0) is 34.5. The van der Waals surface area contributed by atoms with E-state index in [1.165, 1.54) is 0 Å². The van der Waals surface area contributed by atoms with Crippen molar-refractivity contribution in [3.63, 3.8) is 0 Å². The number of amides is 1. The van der Waals surface area contributed by atoms with Crippen molar-refractivity contribution in [2.45, 2.75) is 77.1 Å². The van der Waals surface area contributed by atoms with Gasteiger partial charge >= 0.3 is 0 Å². The molecular weight excluding hydrogens is 614 g/mol. The van der Waals surface area contributed by atoms with Crippen molar-refractivity contribution in [2.24, 2.45) is 11.7 Å². The molecule has 2 aromatic rings. The summed E-state index contributed by atoms with van der Waals surface area (Å²) < 4.78 is 35.2. The van der Waals surface area contributed by atoms with Crippen molar-refractivity contribution >= 4 is 11.6 Å². The molecule has 0 saturated carbocycles. The number of hydrogen-bond acceptors (Lipinski definition) is 10. The first-order valence-electron chi connectivity index (χ1n) is 17.3. The van der Waals surface area contributed by atoms with Gasteiger partial charge in [-0.05, 0) is 54.5 Å². The summed E-state index contributed by atoms with van der Waals surface area (Å²) in [6, 6.07) is 13.9. The molecule has 0 spiro atoms. The van der Waals surface area contributed by atoms with E-state index in [4.69, 9.17) is 34.2 Å². The number of ether oxygens (including phenoxy) is 6. The number of methoxy groups -OCH3 is 2. The lowest BCUT2D eigenvalue weighted by molar-refractivity contribution is -0.149. The highest BCUT2D eigenvalue weighted by Crippen LogP contribution is 2.36. The number of anilines is 1. The van der Waals surface area contributed by atoms with E-state index in [-0.39, 0.29) is 30.5 Å². The van der Waals surface area contributed by atoms with Crippen LogP contribution in [0, 0.1) is 5.92 Å². The second-order valence-corrected chi connectivity index (χ2v) is 13.3. The van der Waals surface area contributed by atoms with Gasteiger partial charge in [-0.3, -0.25) is 4.79 Å². The third-order valence-corrected chi connectivity index (χ3v) is 8.80. The zero-order valence-electron chi connectivity index (χ0n) is 29.5. The second kappa shape index (κ2) is 19.4. The summed E-state index contributed by atoms with van der Waals surface area (Å²) in [6.07, 6.45) is 0.0628. The van der Waals surface area contributed by atoms with Gasteiger partial charge in [-0.25, -0.2) is 0 Å². The van der Waals surface area contributed by atoms with Crippen LogP contribution in [0.1, 0.15) is 56.2 Å². The summed E-state index contributed by atoms with van der Waals surface area (Å²) in [7, 11) is 3.38. The first-order valence-corrected chi connectivity index (χ1v) is 17.3. The molecule has 3 N–H and O–H groups in total. The molecule has 2 aliphatic heterocycles. The standard InChI is InChI=1S/C37H57N3O8/c1-26(2)19-31(38)37(42)40-21-34(47-23-27(3)41)36(30-10-7-28(8-11-30)24-45-18-17-44-5)35(22-40)48-25-29-9-12-33-32(20-29)39(14-16-46-33)13-6-15-43-4/h7-12,20,26-27,31,34-36,41H,6,13-19,21-25,38H2,1-5H3/t27-,31+,34-,35+,36+/m1/s1. The monoisotopic (exact) mass is 671 g/mol. The number of aliphatic hydroxyl groups excluding tert-OH is 1. The summed E-state index contributed by atoms with van der Waals surface area (Å²) in [6.45, 7) is 11.6. The molecule has 0 radical (unpaired) electrons. The number of benzene rings is 2. The van der Waals surface area contributed by atoms with Gasteiger partial charge in [-0.15, -0.1) is 0 Å². The molecule has 0 aliphatic carbocycles. The molecule has 11 heteroatoms. The summed E-state index contributed by atoms with van der Waals surface area (Å²) in [5.41, 5.74) is 10.6. The highest BCUT2D eigenvalue weighted by atomic mass is 16.5. The van der Waals surface area contributed by atoms with E-state index >= 15 is 0 Å². The van der Waals surface area contributed by atoms with Crippen LogP contribution in [0.2, 0.25) is 0 Å². The van der Waals surface area contributed by atoms with Gasteiger partial charge in [0.05, 0.1) is 69.6 Å². The summed E-state index contributed by atoms with van der Waals surface area (Å²) in [4.78, 5) is 17.8. The molecule has 11 nitrogen and oxygen atoms in total. The zero-order valence-corrected chi connectivity index (χ0v) is 29.5. The first kappa shape index (κ1) is 38.0. The number of likely N-dealkylation sites (tertiary alicyclic amines) is 1. The Bertz CT molecular complexity index is 1240. The summed E-state index contributed by atoms with van der Waals surface area (Å²) in [5.74, 6) is 0.855. The van der Waals surface area contributed by atoms with E-state index < -0.39 is 18.2 Å². The molecule has 1 amide bonds. The van der Waals surface area contributed by atoms with Crippen molar-refractivity contribution in [1.82, 2.24) is 4.90 Å². The Balaban J connectivity index is 1.59. The fourth-order valence-corrected chi connectivity index (χ4v) is 6.42. The largest absolute Gasteiger partial charge is 0.490 e. The quantitative estimate of drug-likeness (QED) is 0.214. The van der Waals surface area contributed by atoms with Gasteiger partial charge in [0.15, 0.2) is 0 Å². The molecule has 2 heterocycles. The lowest BCUT2D eigenvalue weighted by atomic mass is 9.83. The van der Waals surface area contributed by atoms with Crippen LogP contribution in [0.4, 0.5) is 5.69 Å². The van der Waals surface area contributed by atoms with E-state index in [0.29, 0.717) is 59.2 Å². The molecule has 0 aromatic heterocycles. The van der Waals surface area contributed by atoms with Crippen LogP contribution in [0.3, 0.4) is 0 Å². The lowest BCUT2D eigenvalue weighted by Gasteiger charge is -2.44. The molecule has 2 aromatic carbocycles. The smallest absolute Gasteiger partial charge is 0.239 e. The van der Waals surface area contributed by atoms with Crippen molar-refractivity contribution in [1.29, 1.82) is 0 Å². The van der Waals surface area contributed by atoms with Crippen LogP contribution < -0.4 is 15.4 Å². The van der Waals surface area contributed by atoms with E-state index in [1.807, 2.05) is 12.1 Å². The number of hydrogen-bond donors (Lipinski definition) is 2. The Morgan fingerprint density at radius 3 is 2.35 bits per heavy atom. The Morgan fingerprint density at radius 2 is 1.67 bits per heavy atom. The van der Waals surface area contributed by atoms with Gasteiger partial charge in [0.2, 0.25) is 5.91 Å². The molecule has 0 bridgehead atoms. The second-order valence-electron chi connectivity index (χ2n) is 13.3. The molecule has 5 atom stereocenters. The first-order chi connectivity index (χ1) is 23.2. The fraction of sp³-hybridized carbons (Fsp3) is 0.649. The number of piperidine rings is 1. The van der Waals surface area contributed by atoms with Crippen molar-refractivity contribution in [3.05, 3.63) is 59.2 Å². The van der Waals surface area contributed by atoms with Crippen molar-refractivity contribution in [2.75, 3.05) is 78.3 Å². The predicted octanol–water partition coefficient (Wildman–Crippen LogP) is 3.74. The van der Waals surface area contributed by atoms with Crippen LogP contribution in [-0.2, 0) is 41.7 Å². The third kappa shape index (κ3) is 11.1. The van der Waals surface area contributed by atoms with E-state index in [0.717, 1.165) is 47.6 Å². The number of carbonyl (C=O) groups is 1. The molecule has 268 valence electrons. The summed E-state index contributed by atoms with van der Waals surface area (Å²) >= 11 is 0. The maximum absolute atomic E-state index is 13.7. The molecule has 0 unspecified atom stereocenters. The Kier molecular flexibility index (Phi) is 15.4. The van der Waals surface area contributed by atoms with Crippen LogP contribution in [0.25, 0.3) is 0 Å². The third-order valence-electron chi connectivity index (χ3n) is 8.80. The highest BCUT2D eigenvalue weighted by molar-refractivity contribution is 5.82. The number of nitrogens with two attached hydrogens (primary N) is 1. The minimum absolute atomic E-state index is 0.109. The van der Waals surface area contributed by atoms with Gasteiger partial charge < -0.3 is 49.1 Å². The van der Waals surface area contributed by atoms with Gasteiger partial charge in [-0.1, -0.05) is 44.2 Å². The van der Waals surface area contributed by atoms with Crippen LogP contribution in [-0.4, -0.2) is 114 Å². The maximum Gasteiger partial charge on any atom is 0.239 e. The Labute approximate surface area is 286 Å². The van der Waals surface area contributed by atoms with E-state index in [2.05, 4.69) is 49.1 Å². The fourth-order valence-electron chi connectivity index (χ4n) is 6.42. The van der Waals surface area contributed by atoms with Crippen molar-refractivity contribution < 1.29 is 38.3 Å². The van der Waals surface area contributed by atoms with Gasteiger partial charge in [0.1, 0.15) is 12.4 Å². The highest BCUT2D eigenvalue weighted by Gasteiger charge is 2.42. The molecule has 4 rings (SSSR count). The minimum atomic E-state index is -0.657. The van der Waals surface area contributed by atoms with Crippen LogP contribution in [0.5, 0.6) is 5.75 Å².